The quantitative estimate of drug-likeness (QED) is 0.126. The van der Waals surface area contributed by atoms with Gasteiger partial charge in [0.15, 0.2) is 0 Å². The van der Waals surface area contributed by atoms with Crippen molar-refractivity contribution in [2.45, 2.75) is 6.42 Å². The summed E-state index contributed by atoms with van der Waals surface area (Å²) in [7, 11) is 0. The van der Waals surface area contributed by atoms with Crippen LogP contribution in [0.5, 0.6) is 5.75 Å². The van der Waals surface area contributed by atoms with Crippen LogP contribution in [0.4, 0.5) is 5.69 Å². The largest absolute Gasteiger partial charge is 0.422 e. The molecule has 0 unspecified atom stereocenters. The van der Waals surface area contributed by atoms with Crippen LogP contribution in [-0.2, 0) is 9.59 Å². The molecule has 1 aliphatic heterocycles. The molecule has 2 aromatic rings. The Balaban J connectivity index is 1.44. The van der Waals surface area contributed by atoms with Gasteiger partial charge in [0, 0.05) is 17.7 Å². The van der Waals surface area contributed by atoms with Crippen molar-refractivity contribution in [3.63, 3.8) is 0 Å². The number of fused-ring (bicyclic) bond motifs is 5. The maximum Gasteiger partial charge on any atom is 0.345 e. The van der Waals surface area contributed by atoms with Gasteiger partial charge in [0.2, 0.25) is 0 Å². The first-order chi connectivity index (χ1) is 15.8. The van der Waals surface area contributed by atoms with Gasteiger partial charge >= 0.3 is 5.97 Å². The van der Waals surface area contributed by atoms with E-state index in [0.29, 0.717) is 0 Å². The number of hydrazone groups is 1. The molecule has 2 fully saturated rings. The van der Waals surface area contributed by atoms with Gasteiger partial charge in [0.25, 0.3) is 17.5 Å². The summed E-state index contributed by atoms with van der Waals surface area (Å²) >= 11 is 6.04. The van der Waals surface area contributed by atoms with E-state index in [0.717, 1.165) is 23.7 Å². The molecule has 0 spiro atoms. The third-order valence-corrected chi connectivity index (χ3v) is 6.59. The number of benzene rings is 2. The molecule has 3 aliphatic rings. The van der Waals surface area contributed by atoms with E-state index in [9.17, 15) is 24.5 Å². The molecule has 2 amide bonds. The second-order valence-corrected chi connectivity index (χ2v) is 8.49. The Morgan fingerprint density at radius 2 is 1.79 bits per heavy atom. The number of allylic oxidation sites excluding steroid dienone is 2. The lowest BCUT2D eigenvalue weighted by Crippen LogP contribution is -2.28. The number of non-ortho nitro benzene ring substituents is 1. The van der Waals surface area contributed by atoms with Gasteiger partial charge in [-0.1, -0.05) is 35.9 Å². The molecule has 1 heterocycles. The van der Waals surface area contributed by atoms with Gasteiger partial charge in [-0.2, -0.15) is 10.1 Å². The number of nitro benzene ring substituents is 1. The zero-order valence-corrected chi connectivity index (χ0v) is 17.7. The van der Waals surface area contributed by atoms with E-state index in [-0.39, 0.29) is 39.4 Å². The summed E-state index contributed by atoms with van der Waals surface area (Å²) in [6.45, 7) is 0. The zero-order chi connectivity index (χ0) is 23.3. The molecule has 10 heteroatoms. The third kappa shape index (κ3) is 3.50. The number of nitro groups is 1. The number of nitrogens with zero attached hydrogens (tertiary/aromatic N) is 3. The van der Waals surface area contributed by atoms with Gasteiger partial charge in [-0.3, -0.25) is 19.7 Å². The van der Waals surface area contributed by atoms with E-state index in [1.165, 1.54) is 24.3 Å². The first-order valence-electron chi connectivity index (χ1n) is 10.2. The number of imide groups is 1. The maximum absolute atomic E-state index is 12.8. The number of hydrogen-bond donors (Lipinski definition) is 0. The standard InChI is InChI=1S/C23H16ClN3O6/c24-17-4-2-1-3-16(17)23(30)33-18-8-7-15(27(31)32)10-14(18)11-25-26-21(28)19-12-5-6-13(9-12)20(19)22(26)29/h1-8,10-13,19-20H,9H2/t12-,13-,19-,20+/m0/s1. The molecule has 4 atom stereocenters. The lowest BCUT2D eigenvalue weighted by molar-refractivity contribution is -0.384. The maximum atomic E-state index is 12.8. The van der Waals surface area contributed by atoms with Gasteiger partial charge in [-0.05, 0) is 36.5 Å². The van der Waals surface area contributed by atoms with Crippen LogP contribution in [0.2, 0.25) is 5.02 Å². The van der Waals surface area contributed by atoms with Gasteiger partial charge in [-0.15, -0.1) is 0 Å². The first-order valence-corrected chi connectivity index (χ1v) is 10.6. The predicted molar refractivity (Wildman–Crippen MR) is 117 cm³/mol. The van der Waals surface area contributed by atoms with E-state index in [1.54, 1.807) is 12.1 Å². The molecule has 0 radical (unpaired) electrons. The topological polar surface area (TPSA) is 119 Å². The van der Waals surface area contributed by atoms with E-state index in [4.69, 9.17) is 16.3 Å². The monoisotopic (exact) mass is 465 g/mol. The van der Waals surface area contributed by atoms with Crippen molar-refractivity contribution in [3.8, 4) is 5.75 Å². The number of hydrogen-bond acceptors (Lipinski definition) is 7. The average Bonchev–Trinajstić information content (AvgIpc) is 3.47. The average molecular weight is 466 g/mol. The van der Waals surface area contributed by atoms with Crippen LogP contribution in [-0.4, -0.2) is 33.9 Å². The fourth-order valence-corrected chi connectivity index (χ4v) is 4.96. The molecule has 1 saturated carbocycles. The summed E-state index contributed by atoms with van der Waals surface area (Å²) in [5.41, 5.74) is -0.100. The molecule has 2 bridgehead atoms. The van der Waals surface area contributed by atoms with Crippen LogP contribution < -0.4 is 4.74 Å². The van der Waals surface area contributed by atoms with Gasteiger partial charge in [0.1, 0.15) is 5.75 Å². The van der Waals surface area contributed by atoms with Crippen molar-refractivity contribution in [2.75, 3.05) is 0 Å². The Morgan fingerprint density at radius 1 is 1.12 bits per heavy atom. The summed E-state index contributed by atoms with van der Waals surface area (Å²) in [5.74, 6) is -2.37. The van der Waals surface area contributed by atoms with Crippen LogP contribution in [0.1, 0.15) is 22.3 Å². The van der Waals surface area contributed by atoms with Crippen molar-refractivity contribution < 1.29 is 24.0 Å². The molecule has 2 aliphatic carbocycles. The highest BCUT2D eigenvalue weighted by Crippen LogP contribution is 2.52. The molecule has 166 valence electrons. The second-order valence-electron chi connectivity index (χ2n) is 8.08. The molecule has 1 saturated heterocycles. The van der Waals surface area contributed by atoms with E-state index >= 15 is 0 Å². The van der Waals surface area contributed by atoms with Gasteiger partial charge in [0.05, 0.1) is 33.6 Å². The first kappa shape index (κ1) is 21.0. The predicted octanol–water partition coefficient (Wildman–Crippen LogP) is 3.61. The molecule has 5 rings (SSSR count). The molecule has 2 aromatic carbocycles. The number of ether oxygens (including phenoxy) is 1. The number of carbonyl (C=O) groups is 3. The summed E-state index contributed by atoms with van der Waals surface area (Å²) in [6.07, 6.45) is 5.85. The van der Waals surface area contributed by atoms with E-state index in [1.807, 2.05) is 12.2 Å². The molecular weight excluding hydrogens is 450 g/mol. The smallest absolute Gasteiger partial charge is 0.345 e. The Hall–Kier alpha value is -3.85. The number of halogens is 1. The fraction of sp³-hybridized carbons (Fsp3) is 0.217. The Bertz CT molecular complexity index is 1240. The number of rotatable bonds is 5. The molecule has 0 N–H and O–H groups in total. The Morgan fingerprint density at radius 3 is 2.42 bits per heavy atom. The molecule has 0 aromatic heterocycles. The summed E-state index contributed by atoms with van der Waals surface area (Å²) in [5, 5.41) is 16.3. The van der Waals surface area contributed by atoms with Crippen molar-refractivity contribution in [2.24, 2.45) is 28.8 Å². The van der Waals surface area contributed by atoms with E-state index < -0.39 is 34.5 Å². The lowest BCUT2D eigenvalue weighted by atomic mass is 9.85. The minimum absolute atomic E-state index is 0.0293. The number of esters is 1. The number of amides is 2. The second kappa shape index (κ2) is 7.93. The lowest BCUT2D eigenvalue weighted by Gasteiger charge is -2.13. The molecular formula is C23H16ClN3O6. The minimum Gasteiger partial charge on any atom is -0.422 e. The number of carbonyl (C=O) groups excluding carboxylic acids is 3. The highest BCUT2D eigenvalue weighted by molar-refractivity contribution is 6.33. The fourth-order valence-electron chi connectivity index (χ4n) is 4.75. The van der Waals surface area contributed by atoms with Crippen LogP contribution >= 0.6 is 11.6 Å². The van der Waals surface area contributed by atoms with Crippen LogP contribution in [0.15, 0.2) is 59.7 Å². The Labute approximate surface area is 192 Å². The van der Waals surface area contributed by atoms with Gasteiger partial charge in [-0.25, -0.2) is 4.79 Å². The van der Waals surface area contributed by atoms with Crippen LogP contribution in [0.25, 0.3) is 0 Å². The van der Waals surface area contributed by atoms with Crippen molar-refractivity contribution >= 4 is 41.3 Å². The van der Waals surface area contributed by atoms with Gasteiger partial charge < -0.3 is 4.74 Å². The normalized spacial score (nSPS) is 25.2. The summed E-state index contributed by atoms with van der Waals surface area (Å²) in [4.78, 5) is 48.8. The van der Waals surface area contributed by atoms with Crippen LogP contribution in [0, 0.1) is 33.8 Å². The summed E-state index contributed by atoms with van der Waals surface area (Å²) < 4.78 is 5.40. The SMILES string of the molecule is O=C(Oc1ccc([N+](=O)[O-])cc1C=NN1C(=O)[C@@H]2[C@H](C1=O)[C@H]1C=C[C@H]2C1)c1ccccc1Cl. The molecule has 9 nitrogen and oxygen atoms in total. The van der Waals surface area contributed by atoms with Crippen molar-refractivity contribution in [1.29, 1.82) is 0 Å². The van der Waals surface area contributed by atoms with E-state index in [2.05, 4.69) is 5.10 Å². The van der Waals surface area contributed by atoms with Crippen molar-refractivity contribution in [1.82, 2.24) is 5.01 Å². The summed E-state index contributed by atoms with van der Waals surface area (Å²) in [6, 6.07) is 9.85. The highest BCUT2D eigenvalue weighted by Gasteiger charge is 2.59. The third-order valence-electron chi connectivity index (χ3n) is 6.26. The zero-order valence-electron chi connectivity index (χ0n) is 17.0. The minimum atomic E-state index is -0.769. The molecule has 33 heavy (non-hydrogen) atoms. The van der Waals surface area contributed by atoms with Crippen LogP contribution in [0.3, 0.4) is 0 Å². The Kier molecular flexibility index (Phi) is 5.05. The van der Waals surface area contributed by atoms with Crippen molar-refractivity contribution in [3.05, 3.63) is 80.9 Å². The highest BCUT2D eigenvalue weighted by atomic mass is 35.5.